The second-order valence-corrected chi connectivity index (χ2v) is 33.2. The van der Waals surface area contributed by atoms with Crippen molar-refractivity contribution in [1.82, 2.24) is 0 Å². The van der Waals surface area contributed by atoms with Crippen LogP contribution in [0.25, 0.3) is 219 Å². The van der Waals surface area contributed by atoms with Crippen molar-refractivity contribution in [3.8, 4) is 44.5 Å². The fourth-order valence-corrected chi connectivity index (χ4v) is 19.0. The summed E-state index contributed by atoms with van der Waals surface area (Å²) in [6.07, 6.45) is 0. The molecule has 19 aromatic carbocycles. The van der Waals surface area contributed by atoms with Gasteiger partial charge in [0.15, 0.2) is 0 Å². The van der Waals surface area contributed by atoms with Crippen molar-refractivity contribution in [2.75, 3.05) is 0 Å². The molecule has 25 rings (SSSR count). The summed E-state index contributed by atoms with van der Waals surface area (Å²) in [5.74, 6) is 0. The summed E-state index contributed by atoms with van der Waals surface area (Å²) < 4.78 is 48.7. The van der Waals surface area contributed by atoms with Crippen molar-refractivity contribution < 1.29 is 41.4 Å². The Bertz CT molecular complexity index is 8160. The van der Waals surface area contributed by atoms with Gasteiger partial charge in [0.1, 0.15) is 55.8 Å². The molecule has 595 valence electrons. The number of nitrogens with zero attached hydrogens (tertiary/aromatic N) is 1. The number of halogens is 1. The summed E-state index contributed by atoms with van der Waals surface area (Å²) in [4.78, 5) is 0. The molecule has 6 heterocycles. The van der Waals surface area contributed by atoms with Gasteiger partial charge < -0.3 is 48.9 Å². The Morgan fingerprint density at radius 3 is 1.02 bits per heavy atom. The summed E-state index contributed by atoms with van der Waals surface area (Å²) in [6, 6.07) is 124. The fraction of sp³-hybridized carbons (Fsp3) is 0.0550. The van der Waals surface area contributed by atoms with Crippen molar-refractivity contribution in [3.05, 3.63) is 370 Å². The van der Waals surface area contributed by atoms with E-state index in [9.17, 15) is 0 Å². The minimum absolute atomic E-state index is 0. The molecule has 24 aromatic rings. The van der Waals surface area contributed by atoms with Crippen LogP contribution in [0.2, 0.25) is 0 Å². The number of rotatable bonds is 6. The molecule has 0 bridgehead atoms. The number of thiol groups is 1. The summed E-state index contributed by atoms with van der Waals surface area (Å²) in [5.41, 5.74) is 18.5. The predicted molar refractivity (Wildman–Crippen MR) is 526 cm³/mol. The monoisotopic (exact) mass is 1690 g/mol. The van der Waals surface area contributed by atoms with Crippen molar-refractivity contribution in [2.24, 2.45) is 4.30 Å². The molecule has 5 aromatic heterocycles. The van der Waals surface area contributed by atoms with Gasteiger partial charge in [0.25, 0.3) is 0 Å². The minimum Gasteiger partial charge on any atom is -0.455 e. The maximum atomic E-state index is 9.07. The van der Waals surface area contributed by atoms with Gasteiger partial charge in [-0.3, -0.25) is 0 Å². The molecule has 15 heteroatoms. The summed E-state index contributed by atoms with van der Waals surface area (Å²) in [6.45, 7) is 8.39. The van der Waals surface area contributed by atoms with E-state index in [2.05, 4.69) is 347 Å². The van der Waals surface area contributed by atoms with Crippen LogP contribution in [0.15, 0.2) is 389 Å². The molecule has 0 unspecified atom stereocenters. The first-order chi connectivity index (χ1) is 60.2. The zero-order valence-electron chi connectivity index (χ0n) is 68.3. The van der Waals surface area contributed by atoms with Gasteiger partial charge in [-0.15, -0.1) is 0 Å². The number of furan rings is 5. The second kappa shape index (κ2) is 32.0. The smallest absolute Gasteiger partial charge is 0.143 e. The zero-order chi connectivity index (χ0) is 83.4. The van der Waals surface area contributed by atoms with Crippen molar-refractivity contribution in [1.29, 1.82) is 0 Å². The van der Waals surface area contributed by atoms with E-state index >= 15 is 0 Å². The van der Waals surface area contributed by atoms with E-state index in [1.807, 2.05) is 66.7 Å². The van der Waals surface area contributed by atoms with Crippen LogP contribution in [0.4, 0.5) is 0 Å². The van der Waals surface area contributed by atoms with Crippen molar-refractivity contribution in [3.63, 3.8) is 0 Å². The average Bonchev–Trinajstić information content (AvgIpc) is 1.57. The van der Waals surface area contributed by atoms with Gasteiger partial charge in [0.2, 0.25) is 0 Å². The molecule has 2 N–H and O–H groups in total. The number of benzene rings is 19. The van der Waals surface area contributed by atoms with E-state index in [1.54, 1.807) is 12.1 Å². The topological polar surface area (TPSA) is 137 Å². The first kappa shape index (κ1) is 78.9. The quantitative estimate of drug-likeness (QED) is 0.0643. The van der Waals surface area contributed by atoms with Crippen molar-refractivity contribution >= 4 is 236 Å². The Hall–Kier alpha value is -13.6. The summed E-state index contributed by atoms with van der Waals surface area (Å²) >= 11 is 7.09. The maximum absolute atomic E-state index is 9.07. The van der Waals surface area contributed by atoms with Crippen LogP contribution >= 0.6 is 28.7 Å². The molecule has 1 aliphatic heterocycles. The fourth-order valence-electron chi connectivity index (χ4n) is 18.3. The van der Waals surface area contributed by atoms with E-state index in [1.165, 1.54) is 75.8 Å². The average molecular weight is 1690 g/mol. The Balaban J connectivity index is 0.000000109. The molecular formula is C109H77B3BrNO9S-. The number of para-hydroxylation sites is 5. The van der Waals surface area contributed by atoms with Gasteiger partial charge in [-0.25, -0.2) is 0 Å². The molecule has 0 atom stereocenters. The Morgan fingerprint density at radius 1 is 0.306 bits per heavy atom. The second-order valence-electron chi connectivity index (χ2n) is 32.1. The van der Waals surface area contributed by atoms with E-state index in [0.717, 1.165) is 147 Å². The Kier molecular flexibility index (Phi) is 20.4. The normalized spacial score (nSPS) is 13.0. The third-order valence-electron chi connectivity index (χ3n) is 24.6. The van der Waals surface area contributed by atoms with Crippen LogP contribution in [0, 0.1) is 7.43 Å². The summed E-state index contributed by atoms with van der Waals surface area (Å²) in [7, 11) is 2.52. The van der Waals surface area contributed by atoms with Crippen molar-refractivity contribution in [2.45, 2.75) is 38.9 Å². The van der Waals surface area contributed by atoms with Gasteiger partial charge in [0.05, 0.1) is 11.2 Å². The van der Waals surface area contributed by atoms with Gasteiger partial charge in [-0.05, 0) is 179 Å². The van der Waals surface area contributed by atoms with E-state index in [0.29, 0.717) is 11.0 Å². The number of hydrogen-bond donors (Lipinski definition) is 3. The largest absolute Gasteiger partial charge is 0.455 e. The Morgan fingerprint density at radius 2 is 0.613 bits per heavy atom. The molecule has 1 aliphatic rings. The molecule has 0 aliphatic carbocycles. The van der Waals surface area contributed by atoms with Crippen LogP contribution < -0.4 is 10.9 Å². The third kappa shape index (κ3) is 13.4. The molecule has 124 heavy (non-hydrogen) atoms. The molecule has 1 radical (unpaired) electrons. The maximum Gasteiger partial charge on any atom is 0.143 e. The predicted octanol–water partition coefficient (Wildman–Crippen LogP) is 29.2. The number of fused-ring (bicyclic) bond motifs is 23. The first-order valence-corrected chi connectivity index (χ1v) is 42.2. The molecular weight excluding hydrogens is 1610 g/mol. The SMILES string of the molecule is Brc1c2ccccc2c(-c2cccc3c2oc2ccc4oc5c(-c6ccccc6)cccc5c4c23)c2ccccc12.CC1(C)OB(c2c3ccccc3cc3ccccc23)OC1(C)C.OB(O)c1ccc2c(c1)oc1ccccc12.[B]=NS.[CH3-].c1ccc(-c2cccc3c2oc2ccc4oc5c(-c6c7ccccc7cc7ccccc67)cccc5c4c23)cc1. The van der Waals surface area contributed by atoms with Crippen LogP contribution in [-0.4, -0.2) is 43.1 Å². The van der Waals surface area contributed by atoms with E-state index in [-0.39, 0.29) is 25.7 Å². The van der Waals surface area contributed by atoms with Gasteiger partial charge in [-0.1, -0.05) is 309 Å². The van der Waals surface area contributed by atoms with E-state index < -0.39 is 7.12 Å². The molecule has 0 amide bonds. The molecule has 1 saturated heterocycles. The van der Waals surface area contributed by atoms with Crippen LogP contribution in [0.1, 0.15) is 27.7 Å². The first-order valence-electron chi connectivity index (χ1n) is 41.0. The van der Waals surface area contributed by atoms with Gasteiger partial charge in [-0.2, -0.15) is 0 Å². The standard InChI is InChI=1S/C38H21BrO2.C38H22O2.C20H21BO2.C12H9BO3.CH3.BHNS/c39-36-26-14-6-4-12-24(26)33(25-13-5-7-15-27(25)36)28-17-9-19-30-35-32(41-38(28)30)21-20-31-34(35)29-18-8-16-23(37(29)40-31)22-10-2-1-3-11-22;1-2-10-23(11-3-1)28-16-8-18-30-35-32(39-37(28)30)20-21-33-36(35)31-19-9-17-29(38(31)40-33)34-26-14-6-4-12-24(26)22-25-13-5-7-15-27(25)34;1-19(2)20(3,4)23-21(22-19)18-16-11-7-5-9-14(16)13-15-10-6-8-12-17(15)18;14-13(15)8-5-6-10-9-3-1-2-4-11(9)16-12(10)7-8;;1-2-3/h1-21H;1-22H;5-13H,1-4H3;1-7,14-15H;1H3;3H/q;;;;-1;. The number of hydrogen-bond acceptors (Lipinski definition) is 11. The van der Waals surface area contributed by atoms with Crippen LogP contribution in [-0.2, 0) is 9.31 Å². The zero-order valence-corrected chi connectivity index (χ0v) is 70.8. The minimum atomic E-state index is -1.46. The molecule has 10 nitrogen and oxygen atoms in total. The summed E-state index contributed by atoms with van der Waals surface area (Å²) in [5, 5.41) is 43.4. The molecule has 0 spiro atoms. The molecule has 1 fully saturated rings. The van der Waals surface area contributed by atoms with E-state index in [4.69, 9.17) is 41.4 Å². The van der Waals surface area contributed by atoms with Crippen LogP contribution in [0.5, 0.6) is 0 Å². The third-order valence-corrected chi connectivity index (χ3v) is 25.4. The van der Waals surface area contributed by atoms with Crippen LogP contribution in [0.3, 0.4) is 0 Å². The Labute approximate surface area is 729 Å². The van der Waals surface area contributed by atoms with Gasteiger partial charge >= 0.3 is 39.0 Å². The molecule has 0 saturated carbocycles. The van der Waals surface area contributed by atoms with Gasteiger partial charge in [0, 0.05) is 91.7 Å².